The normalized spacial score (nSPS) is 21.3. The zero-order valence-corrected chi connectivity index (χ0v) is 6.97. The fraction of sp³-hybridized carbons (Fsp3) is 1.00. The Balaban J connectivity index is 2.53. The van der Waals surface area contributed by atoms with E-state index in [1.807, 2.05) is 0 Å². The van der Waals surface area contributed by atoms with Crippen molar-refractivity contribution in [2.24, 2.45) is 5.92 Å². The van der Waals surface area contributed by atoms with Gasteiger partial charge in [-0.1, -0.05) is 0 Å². The molecule has 1 rings (SSSR count). The third-order valence-corrected chi connectivity index (χ3v) is 3.24. The van der Waals surface area contributed by atoms with Gasteiger partial charge in [-0.15, -0.1) is 0 Å². The van der Waals surface area contributed by atoms with Crippen LogP contribution >= 0.6 is 0 Å². The molecule has 0 bridgehead atoms. The summed E-state index contributed by atoms with van der Waals surface area (Å²) in [5.74, 6) is -3.53. The number of sulfonamides is 1. The Hall–Kier alpha value is -0.270. The molecule has 1 heterocycles. The highest BCUT2D eigenvalue weighted by molar-refractivity contribution is 7.89. The fourth-order valence-electron chi connectivity index (χ4n) is 0.958. The molecule has 0 aliphatic carbocycles. The van der Waals surface area contributed by atoms with Crippen molar-refractivity contribution in [3.05, 3.63) is 0 Å². The summed E-state index contributed by atoms with van der Waals surface area (Å²) in [4.78, 5) is 0. The maximum absolute atomic E-state index is 11.8. The highest BCUT2D eigenvalue weighted by atomic mass is 32.2. The van der Waals surface area contributed by atoms with Crippen molar-refractivity contribution < 1.29 is 22.3 Å². The lowest BCUT2D eigenvalue weighted by molar-refractivity contribution is 0.107. The van der Waals surface area contributed by atoms with Crippen LogP contribution in [0, 0.1) is 5.92 Å². The molecule has 12 heavy (non-hydrogen) atoms. The summed E-state index contributed by atoms with van der Waals surface area (Å²) in [6.07, 6.45) is 0. The minimum absolute atomic E-state index is 0.00315. The summed E-state index contributed by atoms with van der Waals surface area (Å²) in [7, 11) is -4.39. The number of alkyl halides is 2. The lowest BCUT2D eigenvalue weighted by Gasteiger charge is -2.36. The number of aliphatic hydroxyl groups is 1. The number of halogens is 2. The SMILES string of the molecule is O=S(=O)(C(F)F)N1CC(CO)C1. The van der Waals surface area contributed by atoms with E-state index in [1.165, 1.54) is 0 Å². The highest BCUT2D eigenvalue weighted by Crippen LogP contribution is 2.22. The van der Waals surface area contributed by atoms with E-state index in [-0.39, 0.29) is 25.6 Å². The second-order valence-corrected chi connectivity index (χ2v) is 4.57. The van der Waals surface area contributed by atoms with Crippen molar-refractivity contribution in [1.29, 1.82) is 0 Å². The Kier molecular flexibility index (Phi) is 2.64. The Morgan fingerprint density at radius 3 is 2.33 bits per heavy atom. The molecule has 0 aromatic heterocycles. The van der Waals surface area contributed by atoms with Crippen LogP contribution in [-0.2, 0) is 10.0 Å². The van der Waals surface area contributed by atoms with Crippen molar-refractivity contribution in [1.82, 2.24) is 4.31 Å². The lowest BCUT2D eigenvalue weighted by Crippen LogP contribution is -2.52. The van der Waals surface area contributed by atoms with E-state index in [0.29, 0.717) is 4.31 Å². The molecule has 0 radical (unpaired) electrons. The summed E-state index contributed by atoms with van der Waals surface area (Å²) < 4.78 is 45.7. The van der Waals surface area contributed by atoms with Crippen molar-refractivity contribution in [2.45, 2.75) is 5.76 Å². The number of rotatable bonds is 3. The van der Waals surface area contributed by atoms with Gasteiger partial charge in [0.15, 0.2) is 0 Å². The van der Waals surface area contributed by atoms with Crippen LogP contribution in [0.3, 0.4) is 0 Å². The van der Waals surface area contributed by atoms with Crippen molar-refractivity contribution in [3.63, 3.8) is 0 Å². The Labute approximate surface area is 68.8 Å². The molecule has 0 atom stereocenters. The van der Waals surface area contributed by atoms with Gasteiger partial charge in [0.05, 0.1) is 0 Å². The van der Waals surface area contributed by atoms with Gasteiger partial charge < -0.3 is 5.11 Å². The highest BCUT2D eigenvalue weighted by Gasteiger charge is 2.40. The molecule has 0 unspecified atom stereocenters. The van der Waals surface area contributed by atoms with Crippen LogP contribution in [0.2, 0.25) is 0 Å². The molecule has 0 aromatic rings. The number of nitrogens with zero attached hydrogens (tertiary/aromatic N) is 1. The molecule has 1 N–H and O–H groups in total. The topological polar surface area (TPSA) is 57.6 Å². The molecule has 0 saturated carbocycles. The Morgan fingerprint density at radius 2 is 2.00 bits per heavy atom. The fourth-order valence-corrected chi connectivity index (χ4v) is 2.02. The molecule has 7 heteroatoms. The third-order valence-electron chi connectivity index (χ3n) is 1.77. The van der Waals surface area contributed by atoms with Crippen LogP contribution in [-0.4, -0.2) is 43.3 Å². The summed E-state index contributed by atoms with van der Waals surface area (Å²) in [5.41, 5.74) is 0. The molecule has 0 aromatic carbocycles. The van der Waals surface area contributed by atoms with Gasteiger partial charge in [0.2, 0.25) is 0 Å². The second-order valence-electron chi connectivity index (χ2n) is 2.67. The Morgan fingerprint density at radius 1 is 1.50 bits per heavy atom. The first-order valence-electron chi connectivity index (χ1n) is 3.36. The summed E-state index contributed by atoms with van der Waals surface area (Å²) in [6, 6.07) is 0. The molecule has 1 saturated heterocycles. The van der Waals surface area contributed by atoms with Crippen molar-refractivity contribution >= 4 is 10.0 Å². The molecule has 0 amide bonds. The zero-order valence-electron chi connectivity index (χ0n) is 6.15. The van der Waals surface area contributed by atoms with Gasteiger partial charge in [0, 0.05) is 25.6 Å². The standard InChI is InChI=1S/C5H9F2NO3S/c6-5(7)12(10,11)8-1-4(2-8)3-9/h4-5,9H,1-3H2. The van der Waals surface area contributed by atoms with Crippen LogP contribution in [0.15, 0.2) is 0 Å². The average molecular weight is 201 g/mol. The molecule has 1 fully saturated rings. The largest absolute Gasteiger partial charge is 0.396 e. The molecule has 4 nitrogen and oxygen atoms in total. The minimum Gasteiger partial charge on any atom is -0.396 e. The number of hydrogen-bond donors (Lipinski definition) is 1. The molecule has 1 aliphatic heterocycles. The minimum atomic E-state index is -4.39. The van der Waals surface area contributed by atoms with Crippen LogP contribution in [0.1, 0.15) is 0 Å². The van der Waals surface area contributed by atoms with Gasteiger partial charge in [0.1, 0.15) is 0 Å². The van der Waals surface area contributed by atoms with E-state index in [9.17, 15) is 17.2 Å². The van der Waals surface area contributed by atoms with Gasteiger partial charge in [-0.05, 0) is 0 Å². The predicted molar refractivity (Wildman–Crippen MR) is 37.1 cm³/mol. The average Bonchev–Trinajstić information content (AvgIpc) is 1.84. The van der Waals surface area contributed by atoms with Gasteiger partial charge in [-0.25, -0.2) is 8.42 Å². The first kappa shape index (κ1) is 9.82. The predicted octanol–water partition coefficient (Wildman–Crippen LogP) is -0.537. The zero-order chi connectivity index (χ0) is 9.35. The molecule has 1 aliphatic rings. The van der Waals surface area contributed by atoms with Gasteiger partial charge in [-0.2, -0.15) is 13.1 Å². The first-order chi connectivity index (χ1) is 5.48. The monoisotopic (exact) mass is 201 g/mol. The van der Waals surface area contributed by atoms with Crippen LogP contribution in [0.25, 0.3) is 0 Å². The maximum atomic E-state index is 11.8. The molecular formula is C5H9F2NO3S. The summed E-state index contributed by atoms with van der Waals surface area (Å²) in [5, 5.41) is 8.50. The van der Waals surface area contributed by atoms with E-state index < -0.39 is 15.8 Å². The van der Waals surface area contributed by atoms with Crippen LogP contribution < -0.4 is 0 Å². The van der Waals surface area contributed by atoms with E-state index in [4.69, 9.17) is 5.11 Å². The quantitative estimate of drug-likeness (QED) is 0.667. The summed E-state index contributed by atoms with van der Waals surface area (Å²) >= 11 is 0. The first-order valence-corrected chi connectivity index (χ1v) is 4.86. The van der Waals surface area contributed by atoms with Gasteiger partial charge >= 0.3 is 5.76 Å². The number of hydrogen-bond acceptors (Lipinski definition) is 3. The van der Waals surface area contributed by atoms with Gasteiger partial charge in [-0.3, -0.25) is 0 Å². The second kappa shape index (κ2) is 3.23. The molecular weight excluding hydrogens is 192 g/mol. The van der Waals surface area contributed by atoms with Gasteiger partial charge in [0.25, 0.3) is 10.0 Å². The smallest absolute Gasteiger partial charge is 0.350 e. The Bertz CT molecular complexity index is 247. The maximum Gasteiger partial charge on any atom is 0.350 e. The van der Waals surface area contributed by atoms with Crippen LogP contribution in [0.4, 0.5) is 8.78 Å². The van der Waals surface area contributed by atoms with E-state index in [1.54, 1.807) is 0 Å². The molecule has 0 spiro atoms. The van der Waals surface area contributed by atoms with Crippen molar-refractivity contribution in [3.8, 4) is 0 Å². The van der Waals surface area contributed by atoms with Crippen LogP contribution in [0.5, 0.6) is 0 Å². The third kappa shape index (κ3) is 1.57. The van der Waals surface area contributed by atoms with E-state index in [0.717, 1.165) is 0 Å². The van der Waals surface area contributed by atoms with Crippen molar-refractivity contribution in [2.75, 3.05) is 19.7 Å². The molecule has 72 valence electrons. The van der Waals surface area contributed by atoms with E-state index in [2.05, 4.69) is 0 Å². The summed E-state index contributed by atoms with van der Waals surface area (Å²) in [6.45, 7) is -0.151. The lowest BCUT2D eigenvalue weighted by atomic mass is 10.1. The van der Waals surface area contributed by atoms with E-state index >= 15 is 0 Å². The number of aliphatic hydroxyl groups excluding tert-OH is 1.